The third-order valence-corrected chi connectivity index (χ3v) is 2.90. The van der Waals surface area contributed by atoms with Crippen LogP contribution in [0.5, 0.6) is 17.5 Å². The number of nitrogens with zero attached hydrogens (tertiary/aromatic N) is 3. The summed E-state index contributed by atoms with van der Waals surface area (Å²) in [7, 11) is 0. The number of benzene rings is 1. The fraction of sp³-hybridized carbons (Fsp3) is 0.308. The second kappa shape index (κ2) is 6.01. The second-order valence-electron chi connectivity index (χ2n) is 4.22. The summed E-state index contributed by atoms with van der Waals surface area (Å²) in [6, 6.07) is 5.76. The Labute approximate surface area is 126 Å². The van der Waals surface area contributed by atoms with Gasteiger partial charge in [0, 0.05) is 6.54 Å². The van der Waals surface area contributed by atoms with Gasteiger partial charge in [-0.2, -0.15) is 15.0 Å². The number of fused-ring (bicyclic) bond motifs is 1. The molecule has 7 nitrogen and oxygen atoms in total. The lowest BCUT2D eigenvalue weighted by atomic mass is 10.2. The lowest BCUT2D eigenvalue weighted by Gasteiger charge is -2.07. The molecule has 1 aromatic carbocycles. The number of aromatic nitrogens is 3. The summed E-state index contributed by atoms with van der Waals surface area (Å²) in [5.74, 6) is 1.83. The molecular weight excluding hydrogens is 296 g/mol. The quantitative estimate of drug-likeness (QED) is 0.907. The van der Waals surface area contributed by atoms with Crippen molar-refractivity contribution in [3.05, 3.63) is 29.0 Å². The van der Waals surface area contributed by atoms with Crippen LogP contribution in [0.25, 0.3) is 0 Å². The summed E-state index contributed by atoms with van der Waals surface area (Å²) in [6.45, 7) is 3.16. The Hall–Kier alpha value is -2.28. The molecule has 0 saturated carbocycles. The van der Waals surface area contributed by atoms with E-state index in [0.29, 0.717) is 24.8 Å². The van der Waals surface area contributed by atoms with Gasteiger partial charge in [-0.15, -0.1) is 0 Å². The molecule has 0 atom stereocenters. The van der Waals surface area contributed by atoms with E-state index in [1.165, 1.54) is 0 Å². The number of nitrogens with one attached hydrogen (secondary N) is 1. The van der Waals surface area contributed by atoms with Gasteiger partial charge in [-0.25, -0.2) is 0 Å². The third-order valence-electron chi connectivity index (χ3n) is 2.73. The van der Waals surface area contributed by atoms with E-state index in [4.69, 9.17) is 25.8 Å². The molecule has 0 saturated heterocycles. The van der Waals surface area contributed by atoms with E-state index in [1.54, 1.807) is 0 Å². The van der Waals surface area contributed by atoms with Crippen molar-refractivity contribution in [1.29, 1.82) is 0 Å². The van der Waals surface area contributed by atoms with E-state index in [0.717, 1.165) is 11.3 Å². The smallest absolute Gasteiger partial charge is 0.322 e. The minimum absolute atomic E-state index is 0.0848. The van der Waals surface area contributed by atoms with Gasteiger partial charge in [0.05, 0.1) is 0 Å². The van der Waals surface area contributed by atoms with E-state index in [-0.39, 0.29) is 18.1 Å². The minimum Gasteiger partial charge on any atom is -0.458 e. The van der Waals surface area contributed by atoms with Crippen molar-refractivity contribution in [2.75, 3.05) is 18.7 Å². The van der Waals surface area contributed by atoms with Crippen LogP contribution < -0.4 is 19.5 Å². The number of rotatable bonds is 5. The van der Waals surface area contributed by atoms with E-state index in [9.17, 15) is 0 Å². The van der Waals surface area contributed by atoms with Gasteiger partial charge in [-0.05, 0) is 36.2 Å². The molecule has 3 rings (SSSR count). The summed E-state index contributed by atoms with van der Waals surface area (Å²) in [5, 5.41) is 3.04. The van der Waals surface area contributed by atoms with Gasteiger partial charge in [0.25, 0.3) is 0 Å². The highest BCUT2D eigenvalue weighted by atomic mass is 35.5. The highest BCUT2D eigenvalue weighted by molar-refractivity contribution is 6.28. The van der Waals surface area contributed by atoms with Gasteiger partial charge in [0.15, 0.2) is 11.5 Å². The van der Waals surface area contributed by atoms with Gasteiger partial charge < -0.3 is 19.5 Å². The lowest BCUT2D eigenvalue weighted by Crippen LogP contribution is -2.06. The molecular formula is C13H13ClN4O3. The zero-order chi connectivity index (χ0) is 14.7. The first-order chi connectivity index (χ1) is 10.2. The highest BCUT2D eigenvalue weighted by Crippen LogP contribution is 2.32. The zero-order valence-corrected chi connectivity index (χ0v) is 12.1. The maximum Gasteiger partial charge on any atom is 0.322 e. The van der Waals surface area contributed by atoms with Crippen LogP contribution in [0.15, 0.2) is 18.2 Å². The maximum atomic E-state index is 5.83. The normalized spacial score (nSPS) is 12.3. The molecule has 0 amide bonds. The molecule has 8 heteroatoms. The van der Waals surface area contributed by atoms with Crippen molar-refractivity contribution >= 4 is 17.5 Å². The fourth-order valence-electron chi connectivity index (χ4n) is 1.81. The van der Waals surface area contributed by atoms with Crippen molar-refractivity contribution in [3.63, 3.8) is 0 Å². The van der Waals surface area contributed by atoms with Crippen LogP contribution in [0, 0.1) is 0 Å². The number of hydrogen-bond acceptors (Lipinski definition) is 7. The molecule has 0 radical (unpaired) electrons. The van der Waals surface area contributed by atoms with Gasteiger partial charge in [0.2, 0.25) is 18.0 Å². The molecule has 0 unspecified atom stereocenters. The Morgan fingerprint density at radius 2 is 2.10 bits per heavy atom. The summed E-state index contributed by atoms with van der Waals surface area (Å²) >= 11 is 5.83. The number of hydrogen-bond donors (Lipinski definition) is 1. The second-order valence-corrected chi connectivity index (χ2v) is 4.56. The molecule has 1 aliphatic rings. The highest BCUT2D eigenvalue weighted by Gasteiger charge is 2.13. The lowest BCUT2D eigenvalue weighted by molar-refractivity contribution is 0.174. The Morgan fingerprint density at radius 3 is 2.95 bits per heavy atom. The summed E-state index contributed by atoms with van der Waals surface area (Å²) in [4.78, 5) is 12.0. The van der Waals surface area contributed by atoms with Crippen LogP contribution in [0.3, 0.4) is 0 Å². The molecule has 1 aliphatic heterocycles. The molecule has 1 N–H and O–H groups in total. The maximum absolute atomic E-state index is 5.83. The van der Waals surface area contributed by atoms with Gasteiger partial charge in [-0.3, -0.25) is 0 Å². The first-order valence-corrected chi connectivity index (χ1v) is 6.79. The van der Waals surface area contributed by atoms with E-state index >= 15 is 0 Å². The Morgan fingerprint density at radius 1 is 1.24 bits per heavy atom. The SMILES string of the molecule is CCNc1nc(Cl)nc(OCc2ccc3c(c2)OCO3)n1. The Bertz CT molecular complexity index is 653. The standard InChI is InChI=1S/C13H13ClN4O3/c1-2-15-12-16-11(14)17-13(18-12)19-6-8-3-4-9-10(5-8)21-7-20-9/h3-5H,2,6-7H2,1H3,(H,15,16,17,18). The average molecular weight is 309 g/mol. The van der Waals surface area contributed by atoms with Crippen LogP contribution in [-0.2, 0) is 6.61 Å². The fourth-order valence-corrected chi connectivity index (χ4v) is 1.96. The molecule has 0 spiro atoms. The summed E-state index contributed by atoms with van der Waals surface area (Å²) < 4.78 is 16.1. The molecule has 0 fully saturated rings. The van der Waals surface area contributed by atoms with Crippen LogP contribution in [0.1, 0.15) is 12.5 Å². The molecule has 1 aromatic heterocycles. The van der Waals surface area contributed by atoms with Gasteiger partial charge >= 0.3 is 6.01 Å². The predicted octanol–water partition coefficient (Wildman–Crippen LogP) is 2.26. The average Bonchev–Trinajstić information content (AvgIpc) is 2.92. The Balaban J connectivity index is 1.69. The zero-order valence-electron chi connectivity index (χ0n) is 11.3. The molecule has 0 aliphatic carbocycles. The first-order valence-electron chi connectivity index (χ1n) is 6.41. The third kappa shape index (κ3) is 3.25. The molecule has 0 bridgehead atoms. The van der Waals surface area contributed by atoms with Gasteiger partial charge in [-0.1, -0.05) is 6.07 Å². The topological polar surface area (TPSA) is 78.4 Å². The van der Waals surface area contributed by atoms with Crippen LogP contribution in [0.4, 0.5) is 5.95 Å². The van der Waals surface area contributed by atoms with E-state index < -0.39 is 0 Å². The van der Waals surface area contributed by atoms with E-state index in [2.05, 4.69) is 20.3 Å². The van der Waals surface area contributed by atoms with Gasteiger partial charge in [0.1, 0.15) is 6.61 Å². The van der Waals surface area contributed by atoms with Crippen molar-refractivity contribution in [2.24, 2.45) is 0 Å². The van der Waals surface area contributed by atoms with Crippen molar-refractivity contribution in [1.82, 2.24) is 15.0 Å². The largest absolute Gasteiger partial charge is 0.458 e. The van der Waals surface area contributed by atoms with Crippen LogP contribution >= 0.6 is 11.6 Å². The number of halogens is 1. The van der Waals surface area contributed by atoms with Crippen molar-refractivity contribution < 1.29 is 14.2 Å². The minimum atomic E-state index is 0.0848. The van der Waals surface area contributed by atoms with Crippen LogP contribution in [-0.4, -0.2) is 28.3 Å². The summed E-state index contributed by atoms with van der Waals surface area (Å²) in [6.07, 6.45) is 0. The van der Waals surface area contributed by atoms with Crippen molar-refractivity contribution in [2.45, 2.75) is 13.5 Å². The Kier molecular flexibility index (Phi) is 3.92. The van der Waals surface area contributed by atoms with Crippen LogP contribution in [0.2, 0.25) is 5.28 Å². The molecule has 21 heavy (non-hydrogen) atoms. The monoisotopic (exact) mass is 308 g/mol. The number of ether oxygens (including phenoxy) is 3. The molecule has 110 valence electrons. The number of anilines is 1. The molecule has 2 aromatic rings. The van der Waals surface area contributed by atoms with E-state index in [1.807, 2.05) is 25.1 Å². The summed E-state index contributed by atoms with van der Waals surface area (Å²) in [5.41, 5.74) is 0.917. The van der Waals surface area contributed by atoms with Crippen molar-refractivity contribution in [3.8, 4) is 17.5 Å². The molecule has 2 heterocycles. The predicted molar refractivity (Wildman–Crippen MR) is 75.9 cm³/mol. The first kappa shape index (κ1) is 13.7.